The highest BCUT2D eigenvalue weighted by Gasteiger charge is 2.37. The molecule has 3 N–H and O–H groups in total. The zero-order valence-electron chi connectivity index (χ0n) is 8.97. The third-order valence-corrected chi connectivity index (χ3v) is 3.00. The van der Waals surface area contributed by atoms with Gasteiger partial charge in [0.1, 0.15) is 0 Å². The summed E-state index contributed by atoms with van der Waals surface area (Å²) >= 11 is 0. The molecule has 0 aromatic heterocycles. The normalized spacial score (nSPS) is 32.1. The third-order valence-electron chi connectivity index (χ3n) is 3.00. The Morgan fingerprint density at radius 1 is 1.38 bits per heavy atom. The van der Waals surface area contributed by atoms with E-state index in [1.165, 1.54) is 12.8 Å². The van der Waals surface area contributed by atoms with Crippen molar-refractivity contribution in [3.05, 3.63) is 0 Å². The van der Waals surface area contributed by atoms with Gasteiger partial charge in [0.15, 0.2) is 0 Å². The Kier molecular flexibility index (Phi) is 3.71. The smallest absolute Gasteiger partial charge is 0.0822 e. The zero-order valence-corrected chi connectivity index (χ0v) is 8.97. The van der Waals surface area contributed by atoms with Crippen LogP contribution in [0.25, 0.3) is 0 Å². The van der Waals surface area contributed by atoms with Gasteiger partial charge in [-0.25, -0.2) is 0 Å². The summed E-state index contributed by atoms with van der Waals surface area (Å²) in [5, 5.41) is 0. The van der Waals surface area contributed by atoms with Crippen LogP contribution in [0.1, 0.15) is 40.0 Å². The Hall–Kier alpha value is -0.120. The molecule has 1 rings (SSSR count). The molecular weight excluding hydrogens is 164 g/mol. The average Bonchev–Trinajstić information content (AvgIpc) is 2.05. The van der Waals surface area contributed by atoms with Crippen LogP contribution in [0, 0.1) is 5.92 Å². The maximum Gasteiger partial charge on any atom is 0.0822 e. The first kappa shape index (κ1) is 11.0. The highest BCUT2D eigenvalue weighted by molar-refractivity contribution is 4.91. The van der Waals surface area contributed by atoms with Crippen LogP contribution >= 0.6 is 0 Å². The molecule has 2 atom stereocenters. The van der Waals surface area contributed by atoms with E-state index in [9.17, 15) is 0 Å². The summed E-state index contributed by atoms with van der Waals surface area (Å²) < 4.78 is 5.84. The van der Waals surface area contributed by atoms with Gasteiger partial charge in [0.2, 0.25) is 0 Å². The fraction of sp³-hybridized carbons (Fsp3) is 1.00. The fourth-order valence-electron chi connectivity index (χ4n) is 2.27. The molecule has 1 fully saturated rings. The maximum absolute atomic E-state index is 5.84. The first-order valence-corrected chi connectivity index (χ1v) is 5.20. The lowest BCUT2D eigenvalue weighted by atomic mass is 9.83. The standard InChI is InChI=1S/C10H22N2O/c1-8(2)9(12-11)10(3)6-4-5-7-13-10/h8-9,12H,4-7,11H2,1-3H3. The van der Waals surface area contributed by atoms with Crippen LogP contribution in [0.5, 0.6) is 0 Å². The van der Waals surface area contributed by atoms with Crippen LogP contribution in [-0.4, -0.2) is 18.2 Å². The maximum atomic E-state index is 5.84. The second-order valence-electron chi connectivity index (χ2n) is 4.51. The summed E-state index contributed by atoms with van der Waals surface area (Å²) in [5.41, 5.74) is 2.82. The molecule has 0 amide bonds. The highest BCUT2D eigenvalue weighted by atomic mass is 16.5. The molecule has 0 spiro atoms. The lowest BCUT2D eigenvalue weighted by molar-refractivity contribution is -0.0976. The van der Waals surface area contributed by atoms with E-state index in [4.69, 9.17) is 10.6 Å². The number of nitrogens with one attached hydrogen (secondary N) is 1. The monoisotopic (exact) mass is 186 g/mol. The van der Waals surface area contributed by atoms with Gasteiger partial charge < -0.3 is 4.74 Å². The van der Waals surface area contributed by atoms with E-state index in [-0.39, 0.29) is 11.6 Å². The van der Waals surface area contributed by atoms with Gasteiger partial charge in [-0.05, 0) is 32.1 Å². The topological polar surface area (TPSA) is 47.3 Å². The number of nitrogens with two attached hydrogens (primary N) is 1. The second-order valence-corrected chi connectivity index (χ2v) is 4.51. The van der Waals surface area contributed by atoms with Gasteiger partial charge in [-0.15, -0.1) is 0 Å². The quantitative estimate of drug-likeness (QED) is 0.518. The summed E-state index contributed by atoms with van der Waals surface area (Å²) in [5.74, 6) is 6.07. The Bertz CT molecular complexity index is 153. The van der Waals surface area contributed by atoms with Gasteiger partial charge in [0, 0.05) is 6.61 Å². The summed E-state index contributed by atoms with van der Waals surface area (Å²) in [6.45, 7) is 7.39. The Morgan fingerprint density at radius 2 is 2.08 bits per heavy atom. The van der Waals surface area contributed by atoms with Gasteiger partial charge in [-0.2, -0.15) is 0 Å². The van der Waals surface area contributed by atoms with Gasteiger partial charge in [-0.3, -0.25) is 11.3 Å². The van der Waals surface area contributed by atoms with Crippen LogP contribution in [-0.2, 0) is 4.74 Å². The lowest BCUT2D eigenvalue weighted by Crippen LogP contribution is -2.57. The molecule has 3 nitrogen and oxygen atoms in total. The van der Waals surface area contributed by atoms with Crippen molar-refractivity contribution in [1.29, 1.82) is 0 Å². The average molecular weight is 186 g/mol. The summed E-state index contributed by atoms with van der Waals surface area (Å²) in [6.07, 6.45) is 3.55. The minimum atomic E-state index is -0.0683. The van der Waals surface area contributed by atoms with E-state index in [1.807, 2.05) is 0 Å². The molecule has 78 valence electrons. The van der Waals surface area contributed by atoms with E-state index in [1.54, 1.807) is 0 Å². The van der Waals surface area contributed by atoms with Crippen LogP contribution in [0.15, 0.2) is 0 Å². The van der Waals surface area contributed by atoms with Crippen molar-refractivity contribution in [3.63, 3.8) is 0 Å². The molecule has 0 bridgehead atoms. The van der Waals surface area contributed by atoms with Crippen molar-refractivity contribution < 1.29 is 4.74 Å². The van der Waals surface area contributed by atoms with E-state index in [2.05, 4.69) is 26.2 Å². The molecule has 0 aliphatic carbocycles. The van der Waals surface area contributed by atoms with E-state index in [0.717, 1.165) is 13.0 Å². The molecule has 0 aromatic carbocycles. The number of hydrogen-bond donors (Lipinski definition) is 2. The first-order valence-electron chi connectivity index (χ1n) is 5.20. The molecule has 3 heteroatoms. The van der Waals surface area contributed by atoms with Crippen molar-refractivity contribution in [1.82, 2.24) is 5.43 Å². The van der Waals surface area contributed by atoms with E-state index in [0.29, 0.717) is 5.92 Å². The van der Waals surface area contributed by atoms with Crippen molar-refractivity contribution in [2.75, 3.05) is 6.61 Å². The van der Waals surface area contributed by atoms with Crippen molar-refractivity contribution in [3.8, 4) is 0 Å². The molecule has 1 aliphatic rings. The largest absolute Gasteiger partial charge is 0.374 e. The van der Waals surface area contributed by atoms with Gasteiger partial charge in [0.05, 0.1) is 11.6 Å². The van der Waals surface area contributed by atoms with Crippen LogP contribution in [0.4, 0.5) is 0 Å². The predicted octanol–water partition coefficient (Wildman–Crippen LogP) is 1.43. The number of hydrazine groups is 1. The summed E-state index contributed by atoms with van der Waals surface area (Å²) in [4.78, 5) is 0. The molecule has 13 heavy (non-hydrogen) atoms. The molecule has 2 unspecified atom stereocenters. The Morgan fingerprint density at radius 3 is 2.46 bits per heavy atom. The molecule has 0 saturated carbocycles. The molecule has 1 saturated heterocycles. The number of ether oxygens (including phenoxy) is 1. The molecule has 0 radical (unpaired) electrons. The van der Waals surface area contributed by atoms with Gasteiger partial charge in [0.25, 0.3) is 0 Å². The second kappa shape index (κ2) is 4.40. The zero-order chi connectivity index (χ0) is 9.90. The number of hydrogen-bond acceptors (Lipinski definition) is 3. The van der Waals surface area contributed by atoms with Crippen molar-refractivity contribution in [2.24, 2.45) is 11.8 Å². The third kappa shape index (κ3) is 2.42. The SMILES string of the molecule is CC(C)C(NN)C1(C)CCCCO1. The predicted molar refractivity (Wildman–Crippen MR) is 54.2 cm³/mol. The summed E-state index contributed by atoms with van der Waals surface area (Å²) in [7, 11) is 0. The first-order chi connectivity index (χ1) is 6.10. The minimum Gasteiger partial charge on any atom is -0.374 e. The van der Waals surface area contributed by atoms with Crippen molar-refractivity contribution >= 4 is 0 Å². The summed E-state index contributed by atoms with van der Waals surface area (Å²) in [6, 6.07) is 0.257. The number of rotatable bonds is 3. The lowest BCUT2D eigenvalue weighted by Gasteiger charge is -2.42. The van der Waals surface area contributed by atoms with Gasteiger partial charge in [-0.1, -0.05) is 13.8 Å². The van der Waals surface area contributed by atoms with Crippen LogP contribution in [0.2, 0.25) is 0 Å². The van der Waals surface area contributed by atoms with Crippen LogP contribution in [0.3, 0.4) is 0 Å². The van der Waals surface area contributed by atoms with E-state index < -0.39 is 0 Å². The molecule has 0 aromatic rings. The molecule has 1 heterocycles. The molecule has 1 aliphatic heterocycles. The van der Waals surface area contributed by atoms with Crippen molar-refractivity contribution in [2.45, 2.75) is 51.7 Å². The minimum absolute atomic E-state index is 0.0683. The Labute approximate surface area is 81.0 Å². The Balaban J connectivity index is 2.63. The highest BCUT2D eigenvalue weighted by Crippen LogP contribution is 2.30. The van der Waals surface area contributed by atoms with Gasteiger partial charge >= 0.3 is 0 Å². The molecular formula is C10H22N2O. The van der Waals surface area contributed by atoms with E-state index >= 15 is 0 Å². The van der Waals surface area contributed by atoms with Crippen LogP contribution < -0.4 is 11.3 Å². The fourth-order valence-corrected chi connectivity index (χ4v) is 2.27.